The molecule has 5 heavy (non-hydrogen) atoms. The van der Waals surface area contributed by atoms with Gasteiger partial charge in [-0.05, 0) is 0 Å². The first-order valence-electron chi connectivity index (χ1n) is 0.204. The largest absolute Gasteiger partial charge is 0 e. The van der Waals surface area contributed by atoms with Gasteiger partial charge in [-0.1, -0.05) is 0 Å². The molecule has 0 aromatic heterocycles. The zero-order valence-corrected chi connectivity index (χ0v) is 9.41. The Hall–Kier alpha value is 2.38. The molecule has 0 aliphatic heterocycles. The molecule has 0 amide bonds. The molecule has 0 aliphatic rings. The molecule has 2 radical (unpaired) electrons. The van der Waals surface area contributed by atoms with E-state index >= 15 is 0 Å². The molecule has 0 rings (SSSR count). The molecular weight excluding hydrogens is 384 g/mol. The van der Waals surface area contributed by atoms with Gasteiger partial charge in [-0.3, -0.25) is 0 Å². The molecule has 0 heterocycles. The monoisotopic (exact) mass is 386 g/mol. The van der Waals surface area contributed by atoms with Gasteiger partial charge >= 0.3 is 44.4 Å². The van der Waals surface area contributed by atoms with E-state index < -0.39 is 0 Å². The summed E-state index contributed by atoms with van der Waals surface area (Å²) in [5.74, 6) is 0. The third-order valence-electron chi connectivity index (χ3n) is 0. The van der Waals surface area contributed by atoms with Crippen molar-refractivity contribution in [1.29, 1.82) is 0 Å². The summed E-state index contributed by atoms with van der Waals surface area (Å²) < 4.78 is 8.34. The number of hydrogen-bond donors (Lipinski definition) is 0. The predicted octanol–water partition coefficient (Wildman–Crippen LogP) is -3.39. The summed E-state index contributed by atoms with van der Waals surface area (Å²) in [6.07, 6.45) is 0. The van der Waals surface area contributed by atoms with Gasteiger partial charge in [0.05, 0.1) is 0 Å². The maximum absolute atomic E-state index is 8.34. The third-order valence-corrected chi connectivity index (χ3v) is 0. The molecular formula is HLiNiOSnW. The van der Waals surface area contributed by atoms with Crippen LogP contribution in [0.25, 0.3) is 0 Å². The van der Waals surface area contributed by atoms with Crippen molar-refractivity contribution in [2.75, 3.05) is 0 Å². The van der Waals surface area contributed by atoms with Crippen molar-refractivity contribution in [2.24, 2.45) is 0 Å². The van der Waals surface area contributed by atoms with Crippen molar-refractivity contribution >= 4 is 22.5 Å². The molecule has 0 fully saturated rings. The normalized spacial score (nSPS) is 0.800. The molecule has 28 valence electrons. The Morgan fingerprint density at radius 1 is 1.40 bits per heavy atom. The number of rotatable bonds is 0. The Morgan fingerprint density at radius 2 is 1.40 bits per heavy atom. The molecule has 0 bridgehead atoms. The van der Waals surface area contributed by atoms with Crippen LogP contribution in [-0.2, 0) is 40.6 Å². The van der Waals surface area contributed by atoms with Crippen LogP contribution in [0.2, 0.25) is 0 Å². The van der Waals surface area contributed by atoms with Gasteiger partial charge in [-0.15, -0.1) is 0 Å². The van der Waals surface area contributed by atoms with Crippen LogP contribution in [0.4, 0.5) is 0 Å². The standard InChI is InChI=1S/Li.Ni.O.Sn.W.H/q+1;;;;;-1. The summed E-state index contributed by atoms with van der Waals surface area (Å²) in [7, 11) is 0. The van der Waals surface area contributed by atoms with Crippen LogP contribution in [-0.4, -0.2) is 22.5 Å². The van der Waals surface area contributed by atoms with Gasteiger partial charge in [-0.2, -0.15) is 0 Å². The Bertz CT molecular complexity index is 15.5. The van der Waals surface area contributed by atoms with Gasteiger partial charge in [0.15, 0.2) is 0 Å². The van der Waals surface area contributed by atoms with Crippen LogP contribution in [0, 0.1) is 0 Å². The van der Waals surface area contributed by atoms with Crippen molar-refractivity contribution in [3.63, 3.8) is 0 Å². The quantitative estimate of drug-likeness (QED) is 0.398. The van der Waals surface area contributed by atoms with Crippen LogP contribution in [0.5, 0.6) is 0 Å². The van der Waals surface area contributed by atoms with Crippen LogP contribution in [0.1, 0.15) is 1.43 Å². The molecule has 0 saturated carbocycles. The second-order valence-corrected chi connectivity index (χ2v) is 0. The van der Waals surface area contributed by atoms with Crippen LogP contribution >= 0.6 is 0 Å². The van der Waals surface area contributed by atoms with Gasteiger partial charge in [0, 0.05) is 37.6 Å². The van der Waals surface area contributed by atoms with Gasteiger partial charge < -0.3 is 1.43 Å². The molecule has 0 unspecified atom stereocenters. The first kappa shape index (κ1) is 26.3. The Balaban J connectivity index is -0.000000000833. The topological polar surface area (TPSA) is 17.1 Å². The average Bonchev–Trinajstić information content (AvgIpc) is 1.00. The van der Waals surface area contributed by atoms with Crippen LogP contribution < -0.4 is 18.9 Å². The van der Waals surface area contributed by atoms with E-state index in [1.807, 2.05) is 0 Å². The predicted molar refractivity (Wildman–Crippen MR) is 7.55 cm³/mol. The maximum Gasteiger partial charge on any atom is 0 e. The molecule has 1 nitrogen and oxygen atoms in total. The molecule has 0 aliphatic carbocycles. The summed E-state index contributed by atoms with van der Waals surface area (Å²) in [6, 6.07) is 0. The molecule has 5 heteroatoms. The maximum atomic E-state index is 8.34. The van der Waals surface area contributed by atoms with E-state index in [4.69, 9.17) is 3.08 Å². The first-order valence-corrected chi connectivity index (χ1v) is 1.37. The summed E-state index contributed by atoms with van der Waals surface area (Å²) >= 11 is 0.300. The summed E-state index contributed by atoms with van der Waals surface area (Å²) in [4.78, 5) is 0. The zero-order chi connectivity index (χ0) is 2.00. The second-order valence-electron chi connectivity index (χ2n) is 0. The Labute approximate surface area is 82.3 Å². The van der Waals surface area contributed by atoms with Gasteiger partial charge in [-0.25, -0.2) is 0 Å². The van der Waals surface area contributed by atoms with Gasteiger partial charge in [0.1, 0.15) is 0 Å². The van der Waals surface area contributed by atoms with E-state index in [9.17, 15) is 0 Å². The van der Waals surface area contributed by atoms with Gasteiger partial charge in [0.2, 0.25) is 0 Å². The molecule has 0 aromatic carbocycles. The van der Waals surface area contributed by atoms with E-state index in [1.165, 1.54) is 0 Å². The van der Waals surface area contributed by atoms with E-state index in [2.05, 4.69) is 0 Å². The zero-order valence-electron chi connectivity index (χ0n) is 3.63. The second kappa shape index (κ2) is 32.6. The average molecular weight is 385 g/mol. The minimum absolute atomic E-state index is 0. The minimum atomic E-state index is 0. The van der Waals surface area contributed by atoms with Crippen LogP contribution in [0.15, 0.2) is 0 Å². The fraction of sp³-hybridized carbons (Fsp3) is 0. The fourth-order valence-corrected chi connectivity index (χ4v) is 0. The third kappa shape index (κ3) is 21.6. The fourth-order valence-electron chi connectivity index (χ4n) is 0. The molecule has 0 spiro atoms. The molecule has 0 atom stereocenters. The Morgan fingerprint density at radius 3 is 1.40 bits per heavy atom. The SMILES string of the molecule is [H-].[Li+].[Ni].[O]=[Sn].[W]. The molecule has 0 saturated heterocycles. The van der Waals surface area contributed by atoms with E-state index in [1.54, 1.807) is 0 Å². The van der Waals surface area contributed by atoms with Crippen molar-refractivity contribution in [3.05, 3.63) is 0 Å². The summed E-state index contributed by atoms with van der Waals surface area (Å²) in [6.45, 7) is 0. The molecule has 0 aromatic rings. The van der Waals surface area contributed by atoms with Crippen molar-refractivity contribution in [2.45, 2.75) is 0 Å². The van der Waals surface area contributed by atoms with E-state index in [0.29, 0.717) is 22.5 Å². The summed E-state index contributed by atoms with van der Waals surface area (Å²) in [5.41, 5.74) is 0. The van der Waals surface area contributed by atoms with Crippen LogP contribution in [0.3, 0.4) is 0 Å². The first-order chi connectivity index (χ1) is 1.00. The van der Waals surface area contributed by atoms with E-state index in [0.717, 1.165) is 0 Å². The Kier molecular flexibility index (Phi) is 172. The van der Waals surface area contributed by atoms with E-state index in [-0.39, 0.29) is 57.8 Å². The van der Waals surface area contributed by atoms with Crippen molar-refractivity contribution in [1.82, 2.24) is 0 Å². The summed E-state index contributed by atoms with van der Waals surface area (Å²) in [5, 5.41) is 0. The number of hydrogen-bond acceptors (Lipinski definition) is 1. The van der Waals surface area contributed by atoms with Crippen molar-refractivity contribution in [3.8, 4) is 0 Å². The minimum Gasteiger partial charge on any atom is 0 e. The van der Waals surface area contributed by atoms with Gasteiger partial charge in [0.25, 0.3) is 0 Å². The smallest absolute Gasteiger partial charge is 0 e. The van der Waals surface area contributed by atoms with Crippen molar-refractivity contribution < 1.29 is 60.9 Å². The molecule has 0 N–H and O–H groups in total.